The van der Waals surface area contributed by atoms with Gasteiger partial charge in [0.25, 0.3) is 0 Å². The summed E-state index contributed by atoms with van der Waals surface area (Å²) in [6.45, 7) is 20.1. The summed E-state index contributed by atoms with van der Waals surface area (Å²) in [5.41, 5.74) is 8.81. The zero-order valence-corrected chi connectivity index (χ0v) is 19.8. The van der Waals surface area contributed by atoms with Crippen molar-refractivity contribution in [1.29, 1.82) is 5.26 Å². The molecule has 0 radical (unpaired) electrons. The molecule has 0 spiro atoms. The van der Waals surface area contributed by atoms with Gasteiger partial charge >= 0.3 is 0 Å². The molecule has 0 fully saturated rings. The van der Waals surface area contributed by atoms with E-state index in [0.29, 0.717) is 18.4 Å². The van der Waals surface area contributed by atoms with Crippen LogP contribution in [0.4, 0.5) is 0 Å². The molecule has 1 aliphatic carbocycles. The molecule has 0 bridgehead atoms. The van der Waals surface area contributed by atoms with E-state index in [-0.39, 0.29) is 5.92 Å². The average molecular weight is 404 g/mol. The Labute approximate surface area is 183 Å². The van der Waals surface area contributed by atoms with E-state index in [4.69, 9.17) is 4.74 Å². The van der Waals surface area contributed by atoms with E-state index < -0.39 is 0 Å². The van der Waals surface area contributed by atoms with Gasteiger partial charge in [0.1, 0.15) is 12.4 Å². The maximum absolute atomic E-state index is 9.20. The van der Waals surface area contributed by atoms with Crippen LogP contribution in [0.25, 0.3) is 0 Å². The maximum Gasteiger partial charge on any atom is 0.109 e. The minimum absolute atomic E-state index is 0.00492. The van der Waals surface area contributed by atoms with Crippen LogP contribution >= 0.6 is 0 Å². The lowest BCUT2D eigenvalue weighted by molar-refractivity contribution is 0.232. The predicted octanol–water partition coefficient (Wildman–Crippen LogP) is 7.76. The Kier molecular flexibility index (Phi) is 8.30. The van der Waals surface area contributed by atoms with Crippen molar-refractivity contribution < 1.29 is 4.74 Å². The van der Waals surface area contributed by atoms with Crippen molar-refractivity contribution >= 4 is 0 Å². The number of nitrogens with zero attached hydrogens (tertiary/aromatic N) is 1. The maximum atomic E-state index is 9.20. The number of hydrogen-bond acceptors (Lipinski definition) is 2. The largest absolute Gasteiger partial charge is 0.493 e. The first-order valence-corrected chi connectivity index (χ1v) is 11.0. The molecule has 2 rings (SSSR count). The summed E-state index contributed by atoms with van der Waals surface area (Å²) in [7, 11) is 0. The molecule has 30 heavy (non-hydrogen) atoms. The van der Waals surface area contributed by atoms with E-state index in [1.54, 1.807) is 0 Å². The fourth-order valence-electron chi connectivity index (χ4n) is 4.17. The van der Waals surface area contributed by atoms with Crippen molar-refractivity contribution in [2.24, 2.45) is 17.8 Å². The molecule has 2 nitrogen and oxygen atoms in total. The second-order valence-corrected chi connectivity index (χ2v) is 9.01. The molecule has 0 saturated carbocycles. The van der Waals surface area contributed by atoms with Crippen molar-refractivity contribution in [3.05, 3.63) is 81.7 Å². The fraction of sp³-hybridized carbons (Fsp3) is 0.464. The number of hydrogen-bond donors (Lipinski definition) is 0. The van der Waals surface area contributed by atoms with Gasteiger partial charge in [-0.3, -0.25) is 0 Å². The van der Waals surface area contributed by atoms with E-state index in [0.717, 1.165) is 29.7 Å². The Morgan fingerprint density at radius 3 is 2.53 bits per heavy atom. The molecular weight excluding hydrogens is 366 g/mol. The molecule has 0 N–H and O–H groups in total. The van der Waals surface area contributed by atoms with Crippen molar-refractivity contribution in [2.45, 2.75) is 61.3 Å². The molecule has 2 aliphatic rings. The summed E-state index contributed by atoms with van der Waals surface area (Å²) in [4.78, 5) is 0. The Morgan fingerprint density at radius 1 is 1.30 bits per heavy atom. The first kappa shape index (κ1) is 23.7. The molecule has 1 aliphatic heterocycles. The van der Waals surface area contributed by atoms with Crippen molar-refractivity contribution in [2.75, 3.05) is 6.61 Å². The topological polar surface area (TPSA) is 33.0 Å². The van der Waals surface area contributed by atoms with Crippen LogP contribution in [0.5, 0.6) is 0 Å². The molecule has 0 aromatic carbocycles. The van der Waals surface area contributed by atoms with Crippen LogP contribution in [0, 0.1) is 29.1 Å². The molecule has 160 valence electrons. The van der Waals surface area contributed by atoms with Gasteiger partial charge < -0.3 is 4.74 Å². The highest BCUT2D eigenvalue weighted by Gasteiger charge is 2.21. The summed E-state index contributed by atoms with van der Waals surface area (Å²) in [6, 6.07) is 2.35. The molecule has 2 atom stereocenters. The lowest BCUT2D eigenvalue weighted by Gasteiger charge is -2.26. The van der Waals surface area contributed by atoms with Crippen LogP contribution in [-0.2, 0) is 4.74 Å². The number of nitriles is 1. The van der Waals surface area contributed by atoms with Crippen molar-refractivity contribution in [1.82, 2.24) is 0 Å². The highest BCUT2D eigenvalue weighted by molar-refractivity contribution is 5.56. The number of rotatable bonds is 7. The molecule has 0 aromatic heterocycles. The lowest BCUT2D eigenvalue weighted by Crippen LogP contribution is -2.12. The zero-order chi connectivity index (χ0) is 22.4. The summed E-state index contributed by atoms with van der Waals surface area (Å²) in [6.07, 6.45) is 12.6. The first-order chi connectivity index (χ1) is 14.2. The second-order valence-electron chi connectivity index (χ2n) is 9.01. The number of allylic oxidation sites excluding steroid dienone is 12. The Balaban J connectivity index is 2.46. The lowest BCUT2D eigenvalue weighted by atomic mass is 9.79. The molecule has 0 amide bonds. The van der Waals surface area contributed by atoms with Gasteiger partial charge in [-0.25, -0.2) is 0 Å². The van der Waals surface area contributed by atoms with Crippen molar-refractivity contribution in [3.8, 4) is 6.07 Å². The smallest absolute Gasteiger partial charge is 0.109 e. The van der Waals surface area contributed by atoms with Crippen LogP contribution in [0.3, 0.4) is 0 Å². The van der Waals surface area contributed by atoms with Gasteiger partial charge in [0.2, 0.25) is 0 Å². The van der Waals surface area contributed by atoms with Gasteiger partial charge in [0.15, 0.2) is 0 Å². The summed E-state index contributed by atoms with van der Waals surface area (Å²) >= 11 is 0. The van der Waals surface area contributed by atoms with E-state index in [1.165, 1.54) is 27.9 Å². The molecule has 2 heteroatoms. The Bertz CT molecular complexity index is 909. The highest BCUT2D eigenvalue weighted by Crippen LogP contribution is 2.35. The van der Waals surface area contributed by atoms with Crippen LogP contribution in [0.1, 0.15) is 61.3 Å². The van der Waals surface area contributed by atoms with Crippen LogP contribution in [0.15, 0.2) is 81.7 Å². The summed E-state index contributed by atoms with van der Waals surface area (Å²) in [5, 5.41) is 9.20. The van der Waals surface area contributed by atoms with E-state index in [2.05, 4.69) is 78.5 Å². The molecule has 2 unspecified atom stereocenters. The monoisotopic (exact) mass is 403 g/mol. The molecule has 0 aromatic rings. The molecule has 0 saturated heterocycles. The molecule has 1 heterocycles. The normalized spacial score (nSPS) is 21.8. The average Bonchev–Trinajstić information content (AvgIpc) is 2.73. The Hall–Kier alpha value is -2.53. The van der Waals surface area contributed by atoms with E-state index in [9.17, 15) is 5.26 Å². The van der Waals surface area contributed by atoms with E-state index >= 15 is 0 Å². The highest BCUT2D eigenvalue weighted by atomic mass is 16.5. The van der Waals surface area contributed by atoms with Crippen LogP contribution in [0.2, 0.25) is 0 Å². The quantitative estimate of drug-likeness (QED) is 0.407. The third-order valence-electron chi connectivity index (χ3n) is 6.30. The first-order valence-electron chi connectivity index (χ1n) is 11.0. The van der Waals surface area contributed by atoms with Gasteiger partial charge in [0, 0.05) is 11.5 Å². The third kappa shape index (κ3) is 5.54. The minimum Gasteiger partial charge on any atom is -0.493 e. The third-order valence-corrected chi connectivity index (χ3v) is 6.30. The van der Waals surface area contributed by atoms with Crippen molar-refractivity contribution in [3.63, 3.8) is 0 Å². The van der Waals surface area contributed by atoms with Crippen LogP contribution in [-0.4, -0.2) is 6.61 Å². The Morgan fingerprint density at radius 2 is 2.00 bits per heavy atom. The van der Waals surface area contributed by atoms with Gasteiger partial charge in [-0.05, 0) is 75.7 Å². The second kappa shape index (κ2) is 10.5. The predicted molar refractivity (Wildman–Crippen MR) is 128 cm³/mol. The van der Waals surface area contributed by atoms with Gasteiger partial charge in [0.05, 0.1) is 12.0 Å². The summed E-state index contributed by atoms with van der Waals surface area (Å²) < 4.78 is 5.89. The van der Waals surface area contributed by atoms with Gasteiger partial charge in [-0.2, -0.15) is 5.26 Å². The summed E-state index contributed by atoms with van der Waals surface area (Å²) in [5.74, 6) is 1.92. The number of ether oxygens (including phenoxy) is 1. The minimum atomic E-state index is 0.00492. The SMILES string of the molecule is C=C/C(=C\C(C)=C(/C)C(CC(C)C)C1=CCC(C#N)C=C1)C1=C(C)OCC(C)=C1C. The van der Waals surface area contributed by atoms with E-state index in [1.807, 2.05) is 13.0 Å². The fourth-order valence-corrected chi connectivity index (χ4v) is 4.17. The van der Waals surface area contributed by atoms with Crippen LogP contribution < -0.4 is 0 Å². The zero-order valence-electron chi connectivity index (χ0n) is 19.8. The van der Waals surface area contributed by atoms with Gasteiger partial charge in [-0.1, -0.05) is 62.0 Å². The van der Waals surface area contributed by atoms with Gasteiger partial charge in [-0.15, -0.1) is 0 Å². The standard InChI is InChI=1S/C28H37NO/c1-9-25(28-22(7)20(5)17-30-23(28)8)15-19(4)21(6)27(14-18(2)3)26-12-10-24(16-29)11-13-26/h9-10,12-13,15,18,24,27H,1,11,14,17H2,2-8H3/b21-19+,25-15+. The molecular formula is C28H37NO.